The standard InChI is InChI=1S/C18H25BrClF/c1-17(2,3)14-6-8-18(12-20,9-7-14)11-13-4-5-15(19)10-16(13)21/h4-5,10,14H,6-9,11-12H2,1-3H3. The van der Waals surface area contributed by atoms with Crippen LogP contribution in [0.4, 0.5) is 4.39 Å². The zero-order valence-corrected chi connectivity index (χ0v) is 15.5. The Morgan fingerprint density at radius 2 is 1.90 bits per heavy atom. The van der Waals surface area contributed by atoms with E-state index in [2.05, 4.69) is 36.7 Å². The van der Waals surface area contributed by atoms with Gasteiger partial charge in [0.1, 0.15) is 5.82 Å². The summed E-state index contributed by atoms with van der Waals surface area (Å²) in [6.45, 7) is 6.96. The van der Waals surface area contributed by atoms with Gasteiger partial charge in [0, 0.05) is 10.4 Å². The van der Waals surface area contributed by atoms with Crippen molar-refractivity contribution in [3.63, 3.8) is 0 Å². The van der Waals surface area contributed by atoms with Crippen molar-refractivity contribution in [2.75, 3.05) is 5.88 Å². The molecule has 1 fully saturated rings. The van der Waals surface area contributed by atoms with Crippen molar-refractivity contribution in [2.24, 2.45) is 16.7 Å². The number of hydrogen-bond donors (Lipinski definition) is 0. The molecule has 0 N–H and O–H groups in total. The molecule has 0 spiro atoms. The summed E-state index contributed by atoms with van der Waals surface area (Å²) in [4.78, 5) is 0. The topological polar surface area (TPSA) is 0 Å². The van der Waals surface area contributed by atoms with Crippen molar-refractivity contribution < 1.29 is 4.39 Å². The maximum Gasteiger partial charge on any atom is 0.127 e. The van der Waals surface area contributed by atoms with E-state index in [9.17, 15) is 4.39 Å². The Bertz CT molecular complexity index is 484. The van der Waals surface area contributed by atoms with Crippen molar-refractivity contribution in [1.29, 1.82) is 0 Å². The highest BCUT2D eigenvalue weighted by atomic mass is 79.9. The van der Waals surface area contributed by atoms with Gasteiger partial charge in [-0.2, -0.15) is 0 Å². The summed E-state index contributed by atoms with van der Waals surface area (Å²) < 4.78 is 14.9. The summed E-state index contributed by atoms with van der Waals surface area (Å²) in [5.74, 6) is 1.26. The fourth-order valence-corrected chi connectivity index (χ4v) is 4.22. The third-order valence-electron chi connectivity index (χ3n) is 5.14. The molecule has 2 rings (SSSR count). The predicted molar refractivity (Wildman–Crippen MR) is 92.4 cm³/mol. The highest BCUT2D eigenvalue weighted by Gasteiger charge is 2.38. The molecule has 0 atom stereocenters. The van der Waals surface area contributed by atoms with Crippen LogP contribution in [0, 0.1) is 22.6 Å². The van der Waals surface area contributed by atoms with Crippen LogP contribution < -0.4 is 0 Å². The molecular formula is C18H25BrClF. The van der Waals surface area contributed by atoms with Gasteiger partial charge in [-0.05, 0) is 66.5 Å². The van der Waals surface area contributed by atoms with Crippen LogP contribution in [0.3, 0.4) is 0 Å². The lowest BCUT2D eigenvalue weighted by Crippen LogP contribution is -2.35. The normalized spacial score (nSPS) is 26.9. The van der Waals surface area contributed by atoms with Crippen LogP contribution in [0.25, 0.3) is 0 Å². The van der Waals surface area contributed by atoms with Crippen LogP contribution in [0.15, 0.2) is 22.7 Å². The molecular weight excluding hydrogens is 351 g/mol. The first kappa shape index (κ1) is 17.3. The van der Waals surface area contributed by atoms with Crippen molar-refractivity contribution >= 4 is 27.5 Å². The largest absolute Gasteiger partial charge is 0.207 e. The van der Waals surface area contributed by atoms with Gasteiger partial charge in [-0.1, -0.05) is 42.8 Å². The summed E-state index contributed by atoms with van der Waals surface area (Å²) in [6, 6.07) is 5.36. The molecule has 1 saturated carbocycles. The van der Waals surface area contributed by atoms with E-state index in [-0.39, 0.29) is 11.2 Å². The van der Waals surface area contributed by atoms with Gasteiger partial charge in [-0.25, -0.2) is 4.39 Å². The first-order chi connectivity index (χ1) is 9.76. The molecule has 1 aromatic rings. The first-order valence-corrected chi connectivity index (χ1v) is 9.08. The maximum absolute atomic E-state index is 14.1. The molecule has 118 valence electrons. The van der Waals surface area contributed by atoms with E-state index >= 15 is 0 Å². The van der Waals surface area contributed by atoms with Crippen molar-refractivity contribution in [3.8, 4) is 0 Å². The minimum Gasteiger partial charge on any atom is -0.207 e. The molecule has 0 nitrogen and oxygen atoms in total. The van der Waals surface area contributed by atoms with Crippen LogP contribution in [0.1, 0.15) is 52.0 Å². The molecule has 1 aromatic carbocycles. The van der Waals surface area contributed by atoms with E-state index in [1.807, 2.05) is 12.1 Å². The molecule has 3 heteroatoms. The lowest BCUT2D eigenvalue weighted by Gasteiger charge is -2.43. The fourth-order valence-electron chi connectivity index (χ4n) is 3.52. The van der Waals surface area contributed by atoms with E-state index in [1.165, 1.54) is 12.8 Å². The van der Waals surface area contributed by atoms with Gasteiger partial charge in [0.2, 0.25) is 0 Å². The monoisotopic (exact) mass is 374 g/mol. The molecule has 0 aliphatic heterocycles. The van der Waals surface area contributed by atoms with Crippen LogP contribution in [0.5, 0.6) is 0 Å². The van der Waals surface area contributed by atoms with Crippen LogP contribution in [0.2, 0.25) is 0 Å². The smallest absolute Gasteiger partial charge is 0.127 e. The predicted octanol–water partition coefficient (Wildman–Crippen LogP) is 6.59. The summed E-state index contributed by atoms with van der Waals surface area (Å²) in [5, 5.41) is 0. The van der Waals surface area contributed by atoms with Crippen LogP contribution in [-0.4, -0.2) is 5.88 Å². The molecule has 0 amide bonds. The van der Waals surface area contributed by atoms with Gasteiger partial charge in [-0.15, -0.1) is 11.6 Å². The second-order valence-electron chi connectivity index (χ2n) is 7.69. The lowest BCUT2D eigenvalue weighted by molar-refractivity contribution is 0.101. The molecule has 1 aliphatic carbocycles. The molecule has 0 heterocycles. The van der Waals surface area contributed by atoms with E-state index in [0.717, 1.165) is 35.2 Å². The quantitative estimate of drug-likeness (QED) is 0.523. The molecule has 0 saturated heterocycles. The minimum atomic E-state index is -0.119. The lowest BCUT2D eigenvalue weighted by atomic mass is 9.63. The number of hydrogen-bond acceptors (Lipinski definition) is 0. The first-order valence-electron chi connectivity index (χ1n) is 7.76. The summed E-state index contributed by atoms with van der Waals surface area (Å²) in [6.07, 6.45) is 5.37. The number of alkyl halides is 1. The van der Waals surface area contributed by atoms with Crippen molar-refractivity contribution in [1.82, 2.24) is 0 Å². The number of halogens is 3. The van der Waals surface area contributed by atoms with Crippen molar-refractivity contribution in [2.45, 2.75) is 52.9 Å². The molecule has 0 radical (unpaired) electrons. The van der Waals surface area contributed by atoms with Gasteiger partial charge in [0.05, 0.1) is 0 Å². The molecule has 0 bridgehead atoms. The van der Waals surface area contributed by atoms with Gasteiger partial charge in [-0.3, -0.25) is 0 Å². The molecule has 1 aliphatic rings. The Morgan fingerprint density at radius 1 is 1.29 bits per heavy atom. The average molecular weight is 376 g/mol. The van der Waals surface area contributed by atoms with Crippen molar-refractivity contribution in [3.05, 3.63) is 34.1 Å². The third-order valence-corrected chi connectivity index (χ3v) is 6.20. The summed E-state index contributed by atoms with van der Waals surface area (Å²) >= 11 is 9.62. The molecule has 0 unspecified atom stereocenters. The van der Waals surface area contributed by atoms with E-state index in [0.29, 0.717) is 11.3 Å². The fraction of sp³-hybridized carbons (Fsp3) is 0.667. The Kier molecular flexibility index (Phi) is 5.41. The van der Waals surface area contributed by atoms with Gasteiger partial charge in [0.25, 0.3) is 0 Å². The Hall–Kier alpha value is -0.0800. The number of rotatable bonds is 3. The SMILES string of the molecule is CC(C)(C)C1CCC(CCl)(Cc2ccc(Br)cc2F)CC1. The Labute approximate surface area is 141 Å². The molecule has 21 heavy (non-hydrogen) atoms. The summed E-state index contributed by atoms with van der Waals surface area (Å²) in [7, 11) is 0. The Balaban J connectivity index is 2.10. The van der Waals surface area contributed by atoms with E-state index in [4.69, 9.17) is 11.6 Å². The van der Waals surface area contributed by atoms with E-state index in [1.54, 1.807) is 6.07 Å². The maximum atomic E-state index is 14.1. The zero-order chi connectivity index (χ0) is 15.7. The number of benzene rings is 1. The minimum absolute atomic E-state index is 0.0674. The highest BCUT2D eigenvalue weighted by molar-refractivity contribution is 9.10. The second-order valence-corrected chi connectivity index (χ2v) is 8.87. The third kappa shape index (κ3) is 4.22. The van der Waals surface area contributed by atoms with E-state index < -0.39 is 0 Å². The van der Waals surface area contributed by atoms with Gasteiger partial charge >= 0.3 is 0 Å². The van der Waals surface area contributed by atoms with Crippen LogP contribution >= 0.6 is 27.5 Å². The van der Waals surface area contributed by atoms with Gasteiger partial charge in [0.15, 0.2) is 0 Å². The molecule has 0 aromatic heterocycles. The zero-order valence-electron chi connectivity index (χ0n) is 13.2. The second kappa shape index (κ2) is 6.58. The summed E-state index contributed by atoms with van der Waals surface area (Å²) in [5.41, 5.74) is 1.23. The van der Waals surface area contributed by atoms with Gasteiger partial charge < -0.3 is 0 Å². The Morgan fingerprint density at radius 3 is 2.38 bits per heavy atom. The average Bonchev–Trinajstić information content (AvgIpc) is 2.41. The highest BCUT2D eigenvalue weighted by Crippen LogP contribution is 2.47. The van der Waals surface area contributed by atoms with Crippen LogP contribution in [-0.2, 0) is 6.42 Å².